The van der Waals surface area contributed by atoms with Crippen LogP contribution < -0.4 is 10.6 Å². The molecule has 4 rings (SSSR count). The van der Waals surface area contributed by atoms with Gasteiger partial charge in [-0.2, -0.15) is 0 Å². The lowest BCUT2D eigenvalue weighted by Gasteiger charge is -2.37. The third-order valence-corrected chi connectivity index (χ3v) is 6.36. The molecule has 1 atom stereocenters. The highest BCUT2D eigenvalue weighted by atomic mass is 35.5. The van der Waals surface area contributed by atoms with E-state index in [4.69, 9.17) is 11.6 Å². The molecule has 2 aliphatic rings. The van der Waals surface area contributed by atoms with Crippen molar-refractivity contribution in [2.75, 3.05) is 18.4 Å². The zero-order valence-electron chi connectivity index (χ0n) is 18.2. The summed E-state index contributed by atoms with van der Waals surface area (Å²) < 4.78 is 1.66. The van der Waals surface area contributed by atoms with E-state index < -0.39 is 12.1 Å². The quantitative estimate of drug-likeness (QED) is 0.718. The van der Waals surface area contributed by atoms with Crippen molar-refractivity contribution in [1.29, 1.82) is 0 Å². The lowest BCUT2D eigenvalue weighted by atomic mass is 10.0. The Morgan fingerprint density at radius 1 is 1.22 bits per heavy atom. The molecule has 32 heavy (non-hydrogen) atoms. The minimum Gasteiger partial charge on any atom is -0.341 e. The van der Waals surface area contributed by atoms with Gasteiger partial charge >= 0.3 is 12.1 Å². The Kier molecular flexibility index (Phi) is 6.36. The van der Waals surface area contributed by atoms with Crippen LogP contribution in [0.15, 0.2) is 30.5 Å². The lowest BCUT2D eigenvalue weighted by molar-refractivity contribution is -0.134. The molecule has 0 aliphatic carbocycles. The number of hydrogen-bond acceptors (Lipinski definition) is 4. The molecule has 4 amide bonds. The van der Waals surface area contributed by atoms with Gasteiger partial charge in [0.25, 0.3) is 0 Å². The van der Waals surface area contributed by atoms with Crippen molar-refractivity contribution >= 4 is 35.3 Å². The van der Waals surface area contributed by atoms with E-state index in [1.54, 1.807) is 39.9 Å². The second-order valence-corrected chi connectivity index (χ2v) is 8.60. The minimum atomic E-state index is -0.609. The van der Waals surface area contributed by atoms with Gasteiger partial charge in [0.15, 0.2) is 0 Å². The number of amides is 4. The second kappa shape index (κ2) is 9.20. The van der Waals surface area contributed by atoms with E-state index in [-0.39, 0.29) is 18.0 Å². The van der Waals surface area contributed by atoms with Crippen LogP contribution in [0, 0.1) is 6.92 Å². The normalized spacial score (nSPS) is 17.3. The Bertz CT molecular complexity index is 1010. The van der Waals surface area contributed by atoms with Crippen LogP contribution in [0.3, 0.4) is 0 Å². The first-order valence-electron chi connectivity index (χ1n) is 10.8. The maximum Gasteiger partial charge on any atom is 0.330 e. The summed E-state index contributed by atoms with van der Waals surface area (Å²) in [6, 6.07) is 5.77. The van der Waals surface area contributed by atoms with Crippen LogP contribution in [0.4, 0.5) is 15.3 Å². The summed E-state index contributed by atoms with van der Waals surface area (Å²) in [5, 5.41) is 6.07. The molecule has 0 spiro atoms. The number of carbonyl (C=O) groups is 3. The molecule has 0 unspecified atom stereocenters. The van der Waals surface area contributed by atoms with Gasteiger partial charge in [0.2, 0.25) is 5.91 Å². The number of fused-ring (bicyclic) bond motifs is 1. The largest absolute Gasteiger partial charge is 0.341 e. The fourth-order valence-corrected chi connectivity index (χ4v) is 4.46. The first-order chi connectivity index (χ1) is 15.4. The molecule has 1 saturated heterocycles. The summed E-state index contributed by atoms with van der Waals surface area (Å²) in [6.07, 6.45) is 3.65. The second-order valence-electron chi connectivity index (χ2n) is 8.17. The predicted molar refractivity (Wildman–Crippen MR) is 121 cm³/mol. The molecular weight excluding hydrogens is 432 g/mol. The number of aryl methyl sites for hydroxylation is 1. The van der Waals surface area contributed by atoms with E-state index in [0.29, 0.717) is 55.4 Å². The maximum absolute atomic E-state index is 13.0. The number of piperidine rings is 1. The standard InChI is InChI=1S/C22H27ClN6O3/c1-3-19(26-21(31)25-16-6-4-15(23)5-7-16)20(30)27-10-8-17(9-11-27)28-13-18-12-24-14(2)29(18)22(28)32/h4-7,12,17,19H,3,8-11,13H2,1-2H3,(H2,25,26,31)/t19-/m1/s1. The number of aromatic nitrogens is 2. The molecule has 0 bridgehead atoms. The van der Waals surface area contributed by atoms with Crippen molar-refractivity contribution in [1.82, 2.24) is 24.7 Å². The number of hydrogen-bond donors (Lipinski definition) is 2. The van der Waals surface area contributed by atoms with E-state index in [1.807, 2.05) is 18.7 Å². The van der Waals surface area contributed by atoms with Crippen LogP contribution in [-0.2, 0) is 11.3 Å². The van der Waals surface area contributed by atoms with Crippen LogP contribution >= 0.6 is 11.6 Å². The fourth-order valence-electron chi connectivity index (χ4n) is 4.34. The Morgan fingerprint density at radius 2 is 1.91 bits per heavy atom. The molecular formula is C22H27ClN6O3. The van der Waals surface area contributed by atoms with E-state index >= 15 is 0 Å². The first-order valence-corrected chi connectivity index (χ1v) is 11.2. The predicted octanol–water partition coefficient (Wildman–Crippen LogP) is 3.22. The van der Waals surface area contributed by atoms with E-state index in [0.717, 1.165) is 5.69 Å². The Labute approximate surface area is 191 Å². The van der Waals surface area contributed by atoms with Gasteiger partial charge in [-0.1, -0.05) is 18.5 Å². The van der Waals surface area contributed by atoms with Gasteiger partial charge in [0.1, 0.15) is 11.9 Å². The van der Waals surface area contributed by atoms with Gasteiger partial charge in [-0.25, -0.2) is 14.6 Å². The van der Waals surface area contributed by atoms with Crippen molar-refractivity contribution in [2.24, 2.45) is 0 Å². The number of likely N-dealkylation sites (tertiary alicyclic amines) is 1. The molecule has 1 fully saturated rings. The zero-order valence-corrected chi connectivity index (χ0v) is 18.9. The van der Waals surface area contributed by atoms with Crippen LogP contribution in [0.1, 0.15) is 37.7 Å². The number of nitrogens with one attached hydrogen (secondary N) is 2. The van der Waals surface area contributed by atoms with E-state index in [9.17, 15) is 14.4 Å². The minimum absolute atomic E-state index is 0.0354. The van der Waals surface area contributed by atoms with Gasteiger partial charge in [-0.05, 0) is 50.5 Å². The zero-order chi connectivity index (χ0) is 22.8. The van der Waals surface area contributed by atoms with Crippen LogP contribution in [-0.4, -0.2) is 62.5 Å². The number of halogens is 1. The van der Waals surface area contributed by atoms with Gasteiger partial charge in [-0.15, -0.1) is 0 Å². The summed E-state index contributed by atoms with van der Waals surface area (Å²) in [5.74, 6) is 0.602. The highest BCUT2D eigenvalue weighted by Gasteiger charge is 2.37. The number of carbonyl (C=O) groups excluding carboxylic acids is 3. The molecule has 2 N–H and O–H groups in total. The van der Waals surface area contributed by atoms with Crippen LogP contribution in [0.2, 0.25) is 5.02 Å². The van der Waals surface area contributed by atoms with Gasteiger partial charge in [0.05, 0.1) is 18.4 Å². The average molecular weight is 459 g/mol. The van der Waals surface area contributed by atoms with Crippen molar-refractivity contribution in [3.63, 3.8) is 0 Å². The summed E-state index contributed by atoms with van der Waals surface area (Å²) in [5.41, 5.74) is 1.51. The summed E-state index contributed by atoms with van der Waals surface area (Å²) in [6.45, 7) is 5.35. The van der Waals surface area contributed by atoms with Gasteiger partial charge in [-0.3, -0.25) is 9.36 Å². The number of rotatable bonds is 5. The summed E-state index contributed by atoms with van der Waals surface area (Å²) >= 11 is 5.86. The van der Waals surface area contributed by atoms with Crippen molar-refractivity contribution in [3.05, 3.63) is 47.0 Å². The Morgan fingerprint density at radius 3 is 2.53 bits per heavy atom. The third-order valence-electron chi connectivity index (χ3n) is 6.11. The molecule has 2 aromatic rings. The summed E-state index contributed by atoms with van der Waals surface area (Å²) in [4.78, 5) is 46.0. The molecule has 1 aromatic carbocycles. The van der Waals surface area contributed by atoms with Crippen LogP contribution in [0.25, 0.3) is 0 Å². The van der Waals surface area contributed by atoms with Crippen LogP contribution in [0.5, 0.6) is 0 Å². The molecule has 170 valence electrons. The average Bonchev–Trinajstić information content (AvgIpc) is 3.33. The third kappa shape index (κ3) is 4.43. The number of imidazole rings is 1. The Balaban J connectivity index is 1.29. The number of benzene rings is 1. The Hall–Kier alpha value is -3.07. The highest BCUT2D eigenvalue weighted by Crippen LogP contribution is 2.26. The molecule has 0 saturated carbocycles. The van der Waals surface area contributed by atoms with Crippen molar-refractivity contribution in [3.8, 4) is 0 Å². The lowest BCUT2D eigenvalue weighted by Crippen LogP contribution is -2.53. The van der Waals surface area contributed by atoms with Gasteiger partial charge in [0, 0.05) is 29.8 Å². The fraction of sp³-hybridized carbons (Fsp3) is 0.455. The maximum atomic E-state index is 13.0. The molecule has 9 nitrogen and oxygen atoms in total. The number of anilines is 1. The molecule has 0 radical (unpaired) electrons. The topological polar surface area (TPSA) is 99.6 Å². The smallest absolute Gasteiger partial charge is 0.330 e. The highest BCUT2D eigenvalue weighted by molar-refractivity contribution is 6.30. The van der Waals surface area contributed by atoms with E-state index in [1.165, 1.54) is 0 Å². The molecule has 2 aliphatic heterocycles. The molecule has 3 heterocycles. The van der Waals surface area contributed by atoms with E-state index in [2.05, 4.69) is 15.6 Å². The monoisotopic (exact) mass is 458 g/mol. The summed E-state index contributed by atoms with van der Waals surface area (Å²) in [7, 11) is 0. The molecule has 10 heteroatoms. The number of urea groups is 1. The SMILES string of the molecule is CC[C@@H](NC(=O)Nc1ccc(Cl)cc1)C(=O)N1CCC(N2Cc3cnc(C)n3C2=O)CC1. The van der Waals surface area contributed by atoms with Crippen molar-refractivity contribution in [2.45, 2.75) is 51.7 Å². The van der Waals surface area contributed by atoms with Crippen molar-refractivity contribution < 1.29 is 14.4 Å². The first kappa shape index (κ1) is 22.1. The van der Waals surface area contributed by atoms with Gasteiger partial charge < -0.3 is 20.4 Å². The number of nitrogens with zero attached hydrogens (tertiary/aromatic N) is 4. The molecule has 1 aromatic heterocycles.